The van der Waals surface area contributed by atoms with E-state index in [2.05, 4.69) is 36.9 Å². The average Bonchev–Trinajstić information content (AvgIpc) is 3.42. The van der Waals surface area contributed by atoms with Gasteiger partial charge in [-0.15, -0.1) is 0 Å². The van der Waals surface area contributed by atoms with Crippen LogP contribution in [0.2, 0.25) is 0 Å². The summed E-state index contributed by atoms with van der Waals surface area (Å²) in [6.45, 7) is 0. The number of fused-ring (bicyclic) bond motifs is 2. The van der Waals surface area contributed by atoms with Crippen molar-refractivity contribution in [2.24, 2.45) is 0 Å². The third-order valence-electron chi connectivity index (χ3n) is 4.99. The van der Waals surface area contributed by atoms with Gasteiger partial charge in [-0.25, -0.2) is 0 Å². The van der Waals surface area contributed by atoms with E-state index in [0.29, 0.717) is 11.4 Å². The molecule has 4 N–H and O–H groups in total. The Kier molecular flexibility index (Phi) is 3.98. The lowest BCUT2D eigenvalue weighted by Crippen LogP contribution is -2.14. The second-order valence-corrected chi connectivity index (χ2v) is 6.73. The summed E-state index contributed by atoms with van der Waals surface area (Å²) in [5.41, 5.74) is 5.82. The average molecular weight is 382 g/mol. The molecule has 0 saturated carbocycles. The van der Waals surface area contributed by atoms with Crippen molar-refractivity contribution in [2.45, 2.75) is 0 Å². The van der Waals surface area contributed by atoms with Gasteiger partial charge in [0.1, 0.15) is 5.69 Å². The monoisotopic (exact) mass is 382 g/mol. The molecule has 3 heterocycles. The number of amides is 1. The molecule has 0 fully saturated rings. The largest absolute Gasteiger partial charge is 0.388 e. The molecule has 0 unspecified atom stereocenters. The second kappa shape index (κ2) is 6.79. The van der Waals surface area contributed by atoms with Crippen molar-refractivity contribution in [3.63, 3.8) is 0 Å². The van der Waals surface area contributed by atoms with Gasteiger partial charge in [-0.1, -0.05) is 12.1 Å². The Hall–Kier alpha value is -4.13. The van der Waals surface area contributed by atoms with Crippen LogP contribution in [0, 0.1) is 0 Å². The zero-order chi connectivity index (χ0) is 19.8. The predicted octanol–water partition coefficient (Wildman–Crippen LogP) is 4.40. The van der Waals surface area contributed by atoms with E-state index < -0.39 is 0 Å². The molecular formula is C22H18N6O. The van der Waals surface area contributed by atoms with Crippen LogP contribution in [-0.2, 0) is 0 Å². The second-order valence-electron chi connectivity index (χ2n) is 6.73. The number of nitrogens with one attached hydrogen (secondary N) is 4. The van der Waals surface area contributed by atoms with Crippen molar-refractivity contribution in [1.82, 2.24) is 20.2 Å². The number of carbonyl (C=O) groups is 1. The summed E-state index contributed by atoms with van der Waals surface area (Å²) in [5, 5.41) is 15.1. The summed E-state index contributed by atoms with van der Waals surface area (Å²) in [5.74, 6) is -0.276. The van der Waals surface area contributed by atoms with Gasteiger partial charge in [0.05, 0.1) is 17.4 Å². The van der Waals surface area contributed by atoms with E-state index in [9.17, 15) is 4.79 Å². The third kappa shape index (κ3) is 2.98. The van der Waals surface area contributed by atoms with Crippen molar-refractivity contribution in [3.05, 3.63) is 72.8 Å². The zero-order valence-corrected chi connectivity index (χ0v) is 15.7. The molecule has 0 aliphatic rings. The van der Waals surface area contributed by atoms with Gasteiger partial charge in [0, 0.05) is 41.4 Å². The first-order valence-electron chi connectivity index (χ1n) is 9.22. The first-order valence-corrected chi connectivity index (χ1v) is 9.22. The van der Waals surface area contributed by atoms with E-state index in [0.717, 1.165) is 38.6 Å². The van der Waals surface area contributed by atoms with Gasteiger partial charge in [-0.3, -0.25) is 14.9 Å². The highest BCUT2D eigenvalue weighted by atomic mass is 16.1. The summed E-state index contributed by atoms with van der Waals surface area (Å²) >= 11 is 0. The van der Waals surface area contributed by atoms with Crippen LogP contribution in [0.1, 0.15) is 10.5 Å². The smallest absolute Gasteiger partial charge is 0.274 e. The molecule has 2 aromatic carbocycles. The molecule has 0 aliphatic heterocycles. The molecule has 0 radical (unpaired) electrons. The van der Waals surface area contributed by atoms with Gasteiger partial charge in [0.15, 0.2) is 0 Å². The maximum absolute atomic E-state index is 12.8. The molecule has 7 nitrogen and oxygen atoms in total. The molecule has 0 bridgehead atoms. The van der Waals surface area contributed by atoms with E-state index in [4.69, 9.17) is 0 Å². The molecule has 142 valence electrons. The van der Waals surface area contributed by atoms with E-state index in [1.54, 1.807) is 25.5 Å². The Morgan fingerprint density at radius 3 is 2.86 bits per heavy atom. The van der Waals surface area contributed by atoms with Gasteiger partial charge in [-0.2, -0.15) is 5.10 Å². The van der Waals surface area contributed by atoms with Gasteiger partial charge in [0.25, 0.3) is 5.91 Å². The van der Waals surface area contributed by atoms with Crippen molar-refractivity contribution in [1.29, 1.82) is 0 Å². The van der Waals surface area contributed by atoms with E-state index in [1.807, 2.05) is 42.6 Å². The van der Waals surface area contributed by atoms with Gasteiger partial charge in [0.2, 0.25) is 0 Å². The lowest BCUT2D eigenvalue weighted by Gasteiger charge is -2.11. The predicted molar refractivity (Wildman–Crippen MR) is 115 cm³/mol. The number of hydrogen-bond acceptors (Lipinski definition) is 4. The Balaban J connectivity index is 1.59. The van der Waals surface area contributed by atoms with Crippen molar-refractivity contribution in [2.75, 3.05) is 17.7 Å². The highest BCUT2D eigenvalue weighted by Crippen LogP contribution is 2.34. The number of aromatic amines is 2. The van der Waals surface area contributed by atoms with Crippen LogP contribution >= 0.6 is 0 Å². The lowest BCUT2D eigenvalue weighted by molar-refractivity contribution is 0.102. The molecule has 0 atom stereocenters. The van der Waals surface area contributed by atoms with Crippen LogP contribution in [0.25, 0.3) is 32.9 Å². The molecule has 0 aliphatic carbocycles. The minimum atomic E-state index is -0.276. The Bertz CT molecular complexity index is 1350. The quantitative estimate of drug-likeness (QED) is 0.370. The Morgan fingerprint density at radius 2 is 1.97 bits per heavy atom. The Labute approximate surface area is 166 Å². The first kappa shape index (κ1) is 17.0. The van der Waals surface area contributed by atoms with Gasteiger partial charge < -0.3 is 15.6 Å². The summed E-state index contributed by atoms with van der Waals surface area (Å²) < 4.78 is 0. The number of nitrogens with zero attached hydrogens (tertiary/aromatic N) is 2. The number of benzene rings is 2. The minimum Gasteiger partial charge on any atom is -0.388 e. The number of rotatable bonds is 4. The topological polar surface area (TPSA) is 98.5 Å². The summed E-state index contributed by atoms with van der Waals surface area (Å²) in [6, 6.07) is 15.7. The lowest BCUT2D eigenvalue weighted by atomic mass is 9.99. The van der Waals surface area contributed by atoms with Crippen LogP contribution in [0.4, 0.5) is 11.4 Å². The fourth-order valence-electron chi connectivity index (χ4n) is 3.54. The summed E-state index contributed by atoms with van der Waals surface area (Å²) in [4.78, 5) is 20.3. The number of carbonyl (C=O) groups excluding carboxylic acids is 1. The molecule has 3 aromatic heterocycles. The zero-order valence-electron chi connectivity index (χ0n) is 15.7. The molecular weight excluding hydrogens is 364 g/mol. The highest BCUT2D eigenvalue weighted by molar-refractivity contribution is 6.09. The van der Waals surface area contributed by atoms with Crippen LogP contribution in [0.5, 0.6) is 0 Å². The third-order valence-corrected chi connectivity index (χ3v) is 4.99. The van der Waals surface area contributed by atoms with Crippen molar-refractivity contribution < 1.29 is 4.79 Å². The first-order chi connectivity index (χ1) is 14.2. The Morgan fingerprint density at radius 1 is 1.03 bits per heavy atom. The molecule has 7 heteroatoms. The van der Waals surface area contributed by atoms with Crippen LogP contribution in [0.15, 0.2) is 67.1 Å². The fourth-order valence-corrected chi connectivity index (χ4v) is 3.54. The molecule has 0 spiro atoms. The molecule has 5 rings (SSSR count). The normalized spacial score (nSPS) is 11.1. The number of aromatic nitrogens is 4. The van der Waals surface area contributed by atoms with Crippen molar-refractivity contribution >= 4 is 39.1 Å². The van der Waals surface area contributed by atoms with Crippen LogP contribution in [-0.4, -0.2) is 33.1 Å². The number of H-pyrrole nitrogens is 2. The fraction of sp³-hybridized carbons (Fsp3) is 0.0455. The minimum absolute atomic E-state index is 0.276. The standard InChI is InChI=1S/C22H18N6O/c1-23-14-5-7-25-21(11-14)22(29)27-19-9-13(10-20-17(19)12-26-28-20)15-3-2-4-18-16(15)6-8-24-18/h2-12,24H,1H3,(H,23,25)(H,26,28)(H,27,29). The summed E-state index contributed by atoms with van der Waals surface area (Å²) in [6.07, 6.45) is 5.24. The number of hydrogen-bond donors (Lipinski definition) is 4. The van der Waals surface area contributed by atoms with Crippen LogP contribution < -0.4 is 10.6 Å². The SMILES string of the molecule is CNc1ccnc(C(=O)Nc2cc(-c3cccc4[nH]ccc34)cc3[nH]ncc23)c1. The van der Waals surface area contributed by atoms with Gasteiger partial charge >= 0.3 is 0 Å². The molecule has 29 heavy (non-hydrogen) atoms. The van der Waals surface area contributed by atoms with E-state index in [-0.39, 0.29) is 5.91 Å². The van der Waals surface area contributed by atoms with E-state index >= 15 is 0 Å². The van der Waals surface area contributed by atoms with Crippen molar-refractivity contribution in [3.8, 4) is 11.1 Å². The van der Waals surface area contributed by atoms with E-state index in [1.165, 1.54) is 0 Å². The molecule has 1 amide bonds. The summed E-state index contributed by atoms with van der Waals surface area (Å²) in [7, 11) is 1.80. The van der Waals surface area contributed by atoms with Gasteiger partial charge in [-0.05, 0) is 47.5 Å². The number of pyridine rings is 1. The molecule has 5 aromatic rings. The highest BCUT2D eigenvalue weighted by Gasteiger charge is 2.14. The maximum Gasteiger partial charge on any atom is 0.274 e. The molecule has 0 saturated heterocycles. The van der Waals surface area contributed by atoms with Crippen LogP contribution in [0.3, 0.4) is 0 Å². The maximum atomic E-state index is 12.8. The number of anilines is 2.